The normalized spacial score (nSPS) is 12.3. The predicted molar refractivity (Wildman–Crippen MR) is 67.8 cm³/mol. The highest BCUT2D eigenvalue weighted by molar-refractivity contribution is 5.91. The van der Waals surface area contributed by atoms with Crippen molar-refractivity contribution in [2.75, 3.05) is 0 Å². The Kier molecular flexibility index (Phi) is 3.38. The molecule has 2 heterocycles. The molecule has 0 aliphatic heterocycles. The van der Waals surface area contributed by atoms with E-state index in [0.29, 0.717) is 0 Å². The Hall–Kier alpha value is -2.78. The van der Waals surface area contributed by atoms with Crippen molar-refractivity contribution in [3.8, 4) is 11.3 Å². The third kappa shape index (κ3) is 2.67. The van der Waals surface area contributed by atoms with E-state index >= 15 is 0 Å². The van der Waals surface area contributed by atoms with Crippen LogP contribution in [0.3, 0.4) is 0 Å². The van der Waals surface area contributed by atoms with Crippen molar-refractivity contribution >= 4 is 11.1 Å². The second kappa shape index (κ2) is 5.14. The number of rotatable bonds is 2. The number of alkyl halides is 5. The summed E-state index contributed by atoms with van der Waals surface area (Å²) in [6.07, 6.45) is -5.76. The molecular formula is C13H6F5N3O2. The summed E-state index contributed by atoms with van der Waals surface area (Å²) in [5.74, 6) is -1.07. The van der Waals surface area contributed by atoms with Crippen LogP contribution in [0, 0.1) is 0 Å². The molecule has 1 N–H and O–H groups in total. The Morgan fingerprint density at radius 2 is 1.87 bits per heavy atom. The zero-order valence-corrected chi connectivity index (χ0v) is 11.0. The van der Waals surface area contributed by atoms with Gasteiger partial charge >= 0.3 is 11.9 Å². The van der Waals surface area contributed by atoms with Gasteiger partial charge in [0.1, 0.15) is 11.2 Å². The molecular weight excluding hydrogens is 325 g/mol. The summed E-state index contributed by atoms with van der Waals surface area (Å²) >= 11 is 0. The number of nitrogens with zero attached hydrogens (tertiary/aromatic N) is 2. The summed E-state index contributed by atoms with van der Waals surface area (Å²) in [7, 11) is 0. The lowest BCUT2D eigenvalue weighted by atomic mass is 10.1. The number of aromatic nitrogens is 3. The maximum Gasteiger partial charge on any atom is 0.418 e. The van der Waals surface area contributed by atoms with Gasteiger partial charge in [-0.1, -0.05) is 0 Å². The predicted octanol–water partition coefficient (Wildman–Crippen LogP) is 3.53. The van der Waals surface area contributed by atoms with Crippen molar-refractivity contribution in [3.05, 3.63) is 46.3 Å². The maximum atomic E-state index is 12.9. The lowest BCUT2D eigenvalue weighted by molar-refractivity contribution is -0.136. The van der Waals surface area contributed by atoms with Crippen LogP contribution in [0.25, 0.3) is 22.4 Å². The molecule has 10 heteroatoms. The molecule has 2 aromatic heterocycles. The van der Waals surface area contributed by atoms with Crippen molar-refractivity contribution in [3.63, 3.8) is 0 Å². The Bertz CT molecular complexity index is 912. The van der Waals surface area contributed by atoms with E-state index in [1.54, 1.807) is 0 Å². The van der Waals surface area contributed by atoms with Crippen LogP contribution in [-0.2, 0) is 6.18 Å². The summed E-state index contributed by atoms with van der Waals surface area (Å²) in [6, 6.07) is 1.78. The summed E-state index contributed by atoms with van der Waals surface area (Å²) in [6.45, 7) is 0. The third-order valence-corrected chi connectivity index (χ3v) is 3.06. The lowest BCUT2D eigenvalue weighted by Gasteiger charge is -2.09. The summed E-state index contributed by atoms with van der Waals surface area (Å²) in [5.41, 5.74) is -2.55. The van der Waals surface area contributed by atoms with Gasteiger partial charge in [-0.05, 0) is 12.1 Å². The average molecular weight is 331 g/mol. The van der Waals surface area contributed by atoms with Crippen LogP contribution < -0.4 is 5.76 Å². The standard InChI is InChI=1S/C13H6F5N3O2/c14-11(15)8-4-19-7(3-20-8)5-1-2-6(13(16,17)18)9-10(5)23-12(22)21-9/h1-4,11H,(H,21,22). The van der Waals surface area contributed by atoms with E-state index in [1.807, 2.05) is 4.98 Å². The van der Waals surface area contributed by atoms with Gasteiger partial charge in [-0.3, -0.25) is 15.0 Å². The van der Waals surface area contributed by atoms with E-state index in [2.05, 4.69) is 9.97 Å². The van der Waals surface area contributed by atoms with Gasteiger partial charge in [0.05, 0.1) is 23.7 Å². The minimum absolute atomic E-state index is 0.00382. The molecule has 0 aliphatic rings. The molecule has 3 rings (SSSR count). The second-order valence-electron chi connectivity index (χ2n) is 4.50. The number of fused-ring (bicyclic) bond motifs is 1. The van der Waals surface area contributed by atoms with Gasteiger partial charge in [0.2, 0.25) is 0 Å². The molecule has 0 amide bonds. The minimum Gasteiger partial charge on any atom is -0.407 e. The van der Waals surface area contributed by atoms with Crippen molar-refractivity contribution in [2.45, 2.75) is 12.6 Å². The molecule has 0 fully saturated rings. The van der Waals surface area contributed by atoms with E-state index in [-0.39, 0.29) is 16.8 Å². The molecule has 3 aromatic rings. The summed E-state index contributed by atoms with van der Waals surface area (Å²) in [4.78, 5) is 20.4. The number of aromatic amines is 1. The first-order valence-electron chi connectivity index (χ1n) is 6.11. The summed E-state index contributed by atoms with van der Waals surface area (Å²) in [5, 5.41) is 0. The Morgan fingerprint density at radius 1 is 1.13 bits per heavy atom. The lowest BCUT2D eigenvalue weighted by Crippen LogP contribution is -2.06. The molecule has 0 spiro atoms. The zero-order valence-electron chi connectivity index (χ0n) is 11.0. The largest absolute Gasteiger partial charge is 0.418 e. The number of H-pyrrole nitrogens is 1. The van der Waals surface area contributed by atoms with Gasteiger partial charge in [-0.2, -0.15) is 13.2 Å². The van der Waals surface area contributed by atoms with Gasteiger partial charge in [-0.15, -0.1) is 0 Å². The quantitative estimate of drug-likeness (QED) is 0.729. The Morgan fingerprint density at radius 3 is 2.43 bits per heavy atom. The first-order chi connectivity index (χ1) is 10.8. The van der Waals surface area contributed by atoms with Gasteiger partial charge in [0.25, 0.3) is 6.43 Å². The van der Waals surface area contributed by atoms with E-state index in [9.17, 15) is 26.7 Å². The van der Waals surface area contributed by atoms with Crippen LogP contribution in [0.2, 0.25) is 0 Å². The van der Waals surface area contributed by atoms with Crippen molar-refractivity contribution in [1.82, 2.24) is 15.0 Å². The Balaban J connectivity index is 2.21. The number of hydrogen-bond donors (Lipinski definition) is 1. The molecule has 0 unspecified atom stereocenters. The number of benzene rings is 1. The molecule has 0 saturated heterocycles. The van der Waals surface area contributed by atoms with Crippen LogP contribution >= 0.6 is 0 Å². The number of hydrogen-bond acceptors (Lipinski definition) is 4. The fourth-order valence-electron chi connectivity index (χ4n) is 2.06. The van der Waals surface area contributed by atoms with Crippen molar-refractivity contribution in [2.24, 2.45) is 0 Å². The SMILES string of the molecule is O=c1[nH]c2c(C(F)(F)F)ccc(-c3cnc(C(F)F)cn3)c2o1. The number of oxazole rings is 1. The smallest absolute Gasteiger partial charge is 0.407 e. The van der Waals surface area contributed by atoms with Crippen molar-refractivity contribution in [1.29, 1.82) is 0 Å². The van der Waals surface area contributed by atoms with Gasteiger partial charge in [0, 0.05) is 5.56 Å². The highest BCUT2D eigenvalue weighted by Gasteiger charge is 2.34. The number of halogens is 5. The molecule has 120 valence electrons. The fourth-order valence-corrected chi connectivity index (χ4v) is 2.06. The van der Waals surface area contributed by atoms with Crippen LogP contribution in [0.4, 0.5) is 22.0 Å². The van der Waals surface area contributed by atoms with E-state index in [4.69, 9.17) is 4.42 Å². The van der Waals surface area contributed by atoms with Crippen LogP contribution in [0.15, 0.2) is 33.7 Å². The monoisotopic (exact) mass is 331 g/mol. The topological polar surface area (TPSA) is 71.8 Å². The van der Waals surface area contributed by atoms with E-state index in [1.165, 1.54) is 0 Å². The fraction of sp³-hybridized carbons (Fsp3) is 0.154. The molecule has 23 heavy (non-hydrogen) atoms. The first-order valence-corrected chi connectivity index (χ1v) is 6.11. The molecule has 0 radical (unpaired) electrons. The Labute approximate surface area is 123 Å². The minimum atomic E-state index is -4.70. The average Bonchev–Trinajstić information content (AvgIpc) is 2.86. The van der Waals surface area contributed by atoms with Gasteiger partial charge in [-0.25, -0.2) is 13.6 Å². The van der Waals surface area contributed by atoms with E-state index < -0.39 is 35.1 Å². The first kappa shape index (κ1) is 15.1. The van der Waals surface area contributed by atoms with Gasteiger partial charge < -0.3 is 4.42 Å². The summed E-state index contributed by atoms with van der Waals surface area (Å²) < 4.78 is 68.4. The molecule has 0 atom stereocenters. The highest BCUT2D eigenvalue weighted by atomic mass is 19.4. The van der Waals surface area contributed by atoms with Crippen LogP contribution in [0.5, 0.6) is 0 Å². The van der Waals surface area contributed by atoms with Crippen LogP contribution in [-0.4, -0.2) is 15.0 Å². The van der Waals surface area contributed by atoms with E-state index in [0.717, 1.165) is 24.5 Å². The molecule has 0 aliphatic carbocycles. The molecule has 5 nitrogen and oxygen atoms in total. The third-order valence-electron chi connectivity index (χ3n) is 3.06. The zero-order chi connectivity index (χ0) is 16.8. The molecule has 1 aromatic carbocycles. The second-order valence-corrected chi connectivity index (χ2v) is 4.50. The van der Waals surface area contributed by atoms with Crippen molar-refractivity contribution < 1.29 is 26.4 Å². The van der Waals surface area contributed by atoms with Crippen LogP contribution in [0.1, 0.15) is 17.7 Å². The maximum absolute atomic E-state index is 12.9. The molecule has 0 saturated carbocycles. The number of nitrogens with one attached hydrogen (secondary N) is 1. The molecule has 0 bridgehead atoms. The van der Waals surface area contributed by atoms with Gasteiger partial charge in [0.15, 0.2) is 5.58 Å². The highest BCUT2D eigenvalue weighted by Crippen LogP contribution is 2.37.